The number of aromatic nitrogens is 2. The average Bonchev–Trinajstić information content (AvgIpc) is 2.82. The molecule has 0 aromatic carbocycles. The van der Waals surface area contributed by atoms with Crippen molar-refractivity contribution in [2.24, 2.45) is 13.0 Å². The molecule has 1 aromatic rings. The van der Waals surface area contributed by atoms with Gasteiger partial charge in [0.15, 0.2) is 6.04 Å². The van der Waals surface area contributed by atoms with Gasteiger partial charge in [-0.25, -0.2) is 4.79 Å². The minimum absolute atomic E-state index is 0.271. The van der Waals surface area contributed by atoms with E-state index >= 15 is 0 Å². The maximum Gasteiger partial charge on any atom is 0.331 e. The van der Waals surface area contributed by atoms with Gasteiger partial charge < -0.3 is 15.2 Å². The minimum atomic E-state index is -1.10. The molecule has 7 nitrogen and oxygen atoms in total. The maximum atomic E-state index is 12.0. The fourth-order valence-electron chi connectivity index (χ4n) is 2.08. The van der Waals surface area contributed by atoms with Crippen LogP contribution in [0, 0.1) is 5.92 Å². The lowest BCUT2D eigenvalue weighted by Crippen LogP contribution is -2.40. The van der Waals surface area contributed by atoms with E-state index in [9.17, 15) is 14.7 Å². The van der Waals surface area contributed by atoms with Crippen LogP contribution in [0.15, 0.2) is 12.4 Å². The van der Waals surface area contributed by atoms with Gasteiger partial charge in [-0.1, -0.05) is 0 Å². The molecule has 7 heteroatoms. The third kappa shape index (κ3) is 3.31. The van der Waals surface area contributed by atoms with Crippen molar-refractivity contribution < 1.29 is 19.4 Å². The number of carbonyl (C=O) groups excluding carboxylic acids is 1. The summed E-state index contributed by atoms with van der Waals surface area (Å²) in [6, 6.07) is -1.07. The van der Waals surface area contributed by atoms with Gasteiger partial charge in [-0.3, -0.25) is 9.48 Å². The number of hydrogen-bond donors (Lipinski definition) is 2. The second kappa shape index (κ2) is 5.83. The van der Waals surface area contributed by atoms with Gasteiger partial charge in [0.05, 0.1) is 18.7 Å². The van der Waals surface area contributed by atoms with E-state index in [0.29, 0.717) is 18.8 Å². The van der Waals surface area contributed by atoms with Gasteiger partial charge in [-0.15, -0.1) is 0 Å². The summed E-state index contributed by atoms with van der Waals surface area (Å²) in [5.41, 5.74) is 0.458. The fourth-order valence-corrected chi connectivity index (χ4v) is 2.08. The van der Waals surface area contributed by atoms with Crippen molar-refractivity contribution in [3.63, 3.8) is 0 Å². The van der Waals surface area contributed by atoms with E-state index in [2.05, 4.69) is 10.4 Å². The van der Waals surface area contributed by atoms with Gasteiger partial charge in [-0.2, -0.15) is 5.10 Å². The predicted molar refractivity (Wildman–Crippen MR) is 65.3 cm³/mol. The molecule has 1 aliphatic heterocycles. The molecule has 0 radical (unpaired) electrons. The first kappa shape index (κ1) is 13.5. The number of amides is 1. The van der Waals surface area contributed by atoms with Crippen LogP contribution in [0.1, 0.15) is 24.4 Å². The van der Waals surface area contributed by atoms with E-state index < -0.39 is 12.0 Å². The molecule has 1 amide bonds. The van der Waals surface area contributed by atoms with E-state index in [0.717, 1.165) is 12.8 Å². The number of aryl methyl sites for hydroxylation is 1. The Balaban J connectivity index is 2.04. The van der Waals surface area contributed by atoms with Crippen LogP contribution in [0.4, 0.5) is 0 Å². The van der Waals surface area contributed by atoms with E-state index in [1.165, 1.54) is 10.9 Å². The summed E-state index contributed by atoms with van der Waals surface area (Å²) in [4.78, 5) is 23.3. The Morgan fingerprint density at radius 3 is 2.95 bits per heavy atom. The van der Waals surface area contributed by atoms with Crippen LogP contribution in [-0.4, -0.2) is 40.0 Å². The van der Waals surface area contributed by atoms with Crippen molar-refractivity contribution in [3.8, 4) is 0 Å². The van der Waals surface area contributed by atoms with Crippen LogP contribution >= 0.6 is 0 Å². The lowest BCUT2D eigenvalue weighted by molar-refractivity contribution is -0.143. The molecular weight excluding hydrogens is 250 g/mol. The van der Waals surface area contributed by atoms with Crippen LogP contribution < -0.4 is 5.32 Å². The fraction of sp³-hybridized carbons (Fsp3) is 0.583. The molecule has 0 saturated carbocycles. The van der Waals surface area contributed by atoms with Crippen molar-refractivity contribution in [2.75, 3.05) is 13.2 Å². The van der Waals surface area contributed by atoms with E-state index in [1.807, 2.05) is 0 Å². The highest BCUT2D eigenvalue weighted by molar-refractivity contribution is 5.85. The lowest BCUT2D eigenvalue weighted by Gasteiger charge is -2.23. The maximum absolute atomic E-state index is 12.0. The first-order valence-corrected chi connectivity index (χ1v) is 6.17. The standard InChI is InChI=1S/C12H17N3O4/c1-15-6-9(5-13-15)10(12(17)18)14-11(16)8-3-2-4-19-7-8/h5-6,8,10H,2-4,7H2,1H3,(H,14,16)(H,17,18). The zero-order chi connectivity index (χ0) is 13.8. The summed E-state index contributed by atoms with van der Waals surface area (Å²) in [6.45, 7) is 1.01. The molecule has 2 rings (SSSR count). The first-order chi connectivity index (χ1) is 9.08. The van der Waals surface area contributed by atoms with Gasteiger partial charge in [-0.05, 0) is 12.8 Å². The van der Waals surface area contributed by atoms with Crippen LogP contribution in [0.5, 0.6) is 0 Å². The number of rotatable bonds is 4. The number of ether oxygens (including phenoxy) is 1. The van der Waals surface area contributed by atoms with Gasteiger partial charge in [0.25, 0.3) is 0 Å². The molecule has 2 unspecified atom stereocenters. The van der Waals surface area contributed by atoms with Crippen molar-refractivity contribution >= 4 is 11.9 Å². The third-order valence-corrected chi connectivity index (χ3v) is 3.12. The highest BCUT2D eigenvalue weighted by Gasteiger charge is 2.28. The lowest BCUT2D eigenvalue weighted by atomic mass is 10.0. The molecule has 0 spiro atoms. The number of hydrogen-bond acceptors (Lipinski definition) is 4. The Labute approximate surface area is 110 Å². The molecule has 19 heavy (non-hydrogen) atoms. The molecule has 1 aromatic heterocycles. The molecule has 2 atom stereocenters. The number of nitrogens with one attached hydrogen (secondary N) is 1. The van der Waals surface area contributed by atoms with Gasteiger partial charge in [0.2, 0.25) is 5.91 Å². The molecule has 0 aliphatic carbocycles. The Bertz CT molecular complexity index is 465. The molecule has 2 heterocycles. The van der Waals surface area contributed by atoms with E-state index in [-0.39, 0.29) is 11.8 Å². The van der Waals surface area contributed by atoms with Crippen LogP contribution in [0.3, 0.4) is 0 Å². The summed E-state index contributed by atoms with van der Waals surface area (Å²) in [6.07, 6.45) is 4.57. The average molecular weight is 267 g/mol. The molecule has 104 valence electrons. The van der Waals surface area contributed by atoms with Crippen molar-refractivity contribution in [2.45, 2.75) is 18.9 Å². The van der Waals surface area contributed by atoms with Crippen molar-refractivity contribution in [3.05, 3.63) is 18.0 Å². The normalized spacial score (nSPS) is 20.8. The van der Waals surface area contributed by atoms with Crippen LogP contribution in [-0.2, 0) is 21.4 Å². The number of nitrogens with zero attached hydrogens (tertiary/aromatic N) is 2. The molecule has 0 bridgehead atoms. The monoisotopic (exact) mass is 267 g/mol. The second-order valence-corrected chi connectivity index (χ2v) is 4.64. The summed E-state index contributed by atoms with van der Waals surface area (Å²) in [5.74, 6) is -1.65. The Kier molecular flexibility index (Phi) is 4.16. The third-order valence-electron chi connectivity index (χ3n) is 3.12. The number of carbonyl (C=O) groups is 2. The summed E-state index contributed by atoms with van der Waals surface area (Å²) < 4.78 is 6.73. The number of aliphatic carboxylic acids is 1. The Morgan fingerprint density at radius 2 is 2.42 bits per heavy atom. The van der Waals surface area contributed by atoms with Crippen LogP contribution in [0.2, 0.25) is 0 Å². The molecule has 1 fully saturated rings. The van der Waals surface area contributed by atoms with Gasteiger partial charge in [0, 0.05) is 25.4 Å². The highest BCUT2D eigenvalue weighted by Crippen LogP contribution is 2.17. The smallest absolute Gasteiger partial charge is 0.331 e. The van der Waals surface area contributed by atoms with Crippen molar-refractivity contribution in [1.82, 2.24) is 15.1 Å². The number of carboxylic acids is 1. The summed E-state index contributed by atoms with van der Waals surface area (Å²) in [5, 5.41) is 15.7. The van der Waals surface area contributed by atoms with Gasteiger partial charge in [0.1, 0.15) is 0 Å². The molecule has 2 N–H and O–H groups in total. The molecular formula is C12H17N3O4. The first-order valence-electron chi connectivity index (χ1n) is 6.17. The Hall–Kier alpha value is -1.89. The zero-order valence-corrected chi connectivity index (χ0v) is 10.7. The molecule has 1 saturated heterocycles. The summed E-state index contributed by atoms with van der Waals surface area (Å²) in [7, 11) is 1.69. The summed E-state index contributed by atoms with van der Waals surface area (Å²) >= 11 is 0. The topological polar surface area (TPSA) is 93.5 Å². The van der Waals surface area contributed by atoms with Crippen LogP contribution in [0.25, 0.3) is 0 Å². The Morgan fingerprint density at radius 1 is 1.63 bits per heavy atom. The van der Waals surface area contributed by atoms with Gasteiger partial charge >= 0.3 is 5.97 Å². The highest BCUT2D eigenvalue weighted by atomic mass is 16.5. The molecule has 1 aliphatic rings. The minimum Gasteiger partial charge on any atom is -0.479 e. The largest absolute Gasteiger partial charge is 0.479 e. The van der Waals surface area contributed by atoms with Crippen molar-refractivity contribution in [1.29, 1.82) is 0 Å². The SMILES string of the molecule is Cn1cc(C(NC(=O)C2CCCOC2)C(=O)O)cn1. The van der Waals surface area contributed by atoms with E-state index in [1.54, 1.807) is 13.2 Å². The predicted octanol–water partition coefficient (Wildman–Crippen LogP) is 0.0886. The zero-order valence-electron chi connectivity index (χ0n) is 10.7. The quantitative estimate of drug-likeness (QED) is 0.806. The van der Waals surface area contributed by atoms with E-state index in [4.69, 9.17) is 4.74 Å². The number of carboxylic acid groups (broad SMARTS) is 1. The second-order valence-electron chi connectivity index (χ2n) is 4.64.